The van der Waals surface area contributed by atoms with E-state index >= 15 is 0 Å². The normalized spacial score (nSPS) is 11.1. The molecule has 0 radical (unpaired) electrons. The fraction of sp³-hybridized carbons (Fsp3) is 0.364. The van der Waals surface area contributed by atoms with Gasteiger partial charge >= 0.3 is 0 Å². The second kappa shape index (κ2) is 3.80. The number of para-hydroxylation sites is 1. The molecule has 1 aromatic carbocycles. The minimum atomic E-state index is -0.829. The Labute approximate surface area is 84.5 Å². The van der Waals surface area contributed by atoms with E-state index in [1.807, 2.05) is 30.3 Å². The lowest BCUT2D eigenvalue weighted by Crippen LogP contribution is -2.49. The smallest absolute Gasteiger partial charge is 0.246 e. The van der Waals surface area contributed by atoms with Crippen molar-refractivity contribution in [3.63, 3.8) is 0 Å². The number of rotatable bonds is 2. The molecule has 0 aliphatic carbocycles. The van der Waals surface area contributed by atoms with Gasteiger partial charge in [-0.05, 0) is 26.0 Å². The fourth-order valence-corrected chi connectivity index (χ4v) is 1.20. The Hall–Kier alpha value is -1.35. The Balaban J connectivity index is 2.87. The monoisotopic (exact) mass is 192 g/mol. The summed E-state index contributed by atoms with van der Waals surface area (Å²) < 4.78 is 0. The van der Waals surface area contributed by atoms with Gasteiger partial charge in [-0.25, -0.2) is 0 Å². The second-order valence-corrected chi connectivity index (χ2v) is 3.92. The first kappa shape index (κ1) is 10.7. The lowest BCUT2D eigenvalue weighted by Gasteiger charge is -2.25. The van der Waals surface area contributed by atoms with Crippen LogP contribution in [-0.2, 0) is 4.79 Å². The summed E-state index contributed by atoms with van der Waals surface area (Å²) in [6, 6.07) is 9.45. The van der Waals surface area contributed by atoms with Crippen molar-refractivity contribution < 1.29 is 4.79 Å². The molecule has 0 unspecified atom stereocenters. The quantitative estimate of drug-likeness (QED) is 0.769. The molecule has 0 saturated carbocycles. The maximum atomic E-state index is 11.8. The van der Waals surface area contributed by atoms with Crippen LogP contribution in [0.3, 0.4) is 0 Å². The van der Waals surface area contributed by atoms with Crippen molar-refractivity contribution in [2.45, 2.75) is 19.4 Å². The topological polar surface area (TPSA) is 46.3 Å². The maximum Gasteiger partial charge on any atom is 0.246 e. The molecule has 1 amide bonds. The summed E-state index contributed by atoms with van der Waals surface area (Å²) in [7, 11) is 1.73. The van der Waals surface area contributed by atoms with E-state index in [0.717, 1.165) is 5.69 Å². The van der Waals surface area contributed by atoms with E-state index < -0.39 is 5.54 Å². The third kappa shape index (κ3) is 2.33. The van der Waals surface area contributed by atoms with Crippen LogP contribution in [0.25, 0.3) is 0 Å². The number of nitrogens with two attached hydrogens (primary N) is 1. The zero-order valence-electron chi connectivity index (χ0n) is 8.82. The van der Waals surface area contributed by atoms with Crippen molar-refractivity contribution in [2.24, 2.45) is 5.73 Å². The number of anilines is 1. The van der Waals surface area contributed by atoms with Gasteiger partial charge in [-0.1, -0.05) is 18.2 Å². The fourth-order valence-electron chi connectivity index (χ4n) is 1.20. The van der Waals surface area contributed by atoms with Gasteiger partial charge in [0.25, 0.3) is 0 Å². The molecule has 0 aliphatic heterocycles. The molecule has 3 nitrogen and oxygen atoms in total. The van der Waals surface area contributed by atoms with Crippen molar-refractivity contribution in [3.05, 3.63) is 30.3 Å². The molecule has 0 aliphatic rings. The minimum Gasteiger partial charge on any atom is -0.318 e. The highest BCUT2D eigenvalue weighted by atomic mass is 16.2. The molecule has 1 aromatic rings. The van der Waals surface area contributed by atoms with Crippen LogP contribution in [0.15, 0.2) is 30.3 Å². The van der Waals surface area contributed by atoms with Gasteiger partial charge in [0, 0.05) is 12.7 Å². The molecule has 0 atom stereocenters. The summed E-state index contributed by atoms with van der Waals surface area (Å²) in [6.45, 7) is 3.41. The summed E-state index contributed by atoms with van der Waals surface area (Å²) in [5.41, 5.74) is 5.75. The molecular formula is C11H16N2O. The SMILES string of the molecule is CN(C(=O)C(C)(C)N)c1ccccc1. The van der Waals surface area contributed by atoms with Crippen molar-refractivity contribution in [2.75, 3.05) is 11.9 Å². The van der Waals surface area contributed by atoms with Crippen LogP contribution in [0.5, 0.6) is 0 Å². The highest BCUT2D eigenvalue weighted by Crippen LogP contribution is 2.14. The maximum absolute atomic E-state index is 11.8. The van der Waals surface area contributed by atoms with E-state index in [4.69, 9.17) is 5.73 Å². The Morgan fingerprint density at radius 3 is 2.21 bits per heavy atom. The van der Waals surface area contributed by atoms with Gasteiger partial charge in [0.15, 0.2) is 0 Å². The predicted octanol–water partition coefficient (Wildman–Crippen LogP) is 1.39. The van der Waals surface area contributed by atoms with Crippen molar-refractivity contribution >= 4 is 11.6 Å². The molecule has 0 spiro atoms. The predicted molar refractivity (Wildman–Crippen MR) is 58.1 cm³/mol. The molecule has 1 rings (SSSR count). The summed E-state index contributed by atoms with van der Waals surface area (Å²) in [6.07, 6.45) is 0. The van der Waals surface area contributed by atoms with Crippen molar-refractivity contribution in [1.29, 1.82) is 0 Å². The van der Waals surface area contributed by atoms with Crippen LogP contribution in [0, 0.1) is 0 Å². The highest BCUT2D eigenvalue weighted by Gasteiger charge is 2.26. The van der Waals surface area contributed by atoms with Crippen molar-refractivity contribution in [1.82, 2.24) is 0 Å². The lowest BCUT2D eigenvalue weighted by atomic mass is 10.1. The van der Waals surface area contributed by atoms with Crippen LogP contribution < -0.4 is 10.6 Å². The lowest BCUT2D eigenvalue weighted by molar-refractivity contribution is -0.122. The first-order valence-electron chi connectivity index (χ1n) is 4.55. The Morgan fingerprint density at radius 1 is 1.29 bits per heavy atom. The summed E-state index contributed by atoms with van der Waals surface area (Å²) in [4.78, 5) is 13.3. The van der Waals surface area contributed by atoms with E-state index in [1.54, 1.807) is 25.8 Å². The van der Waals surface area contributed by atoms with Gasteiger partial charge in [0.1, 0.15) is 0 Å². The number of carbonyl (C=O) groups excluding carboxylic acids is 1. The molecule has 3 heteroatoms. The zero-order chi connectivity index (χ0) is 10.8. The summed E-state index contributed by atoms with van der Waals surface area (Å²) >= 11 is 0. The number of hydrogen-bond acceptors (Lipinski definition) is 2. The first-order valence-corrected chi connectivity index (χ1v) is 4.55. The molecule has 0 heterocycles. The van der Waals surface area contributed by atoms with Gasteiger partial charge in [-0.3, -0.25) is 4.79 Å². The van der Waals surface area contributed by atoms with E-state index in [-0.39, 0.29) is 5.91 Å². The molecular weight excluding hydrogens is 176 g/mol. The Bertz CT molecular complexity index is 314. The van der Waals surface area contributed by atoms with Crippen LogP contribution in [0.1, 0.15) is 13.8 Å². The van der Waals surface area contributed by atoms with Gasteiger partial charge in [-0.15, -0.1) is 0 Å². The molecule has 0 fully saturated rings. The van der Waals surface area contributed by atoms with Crippen molar-refractivity contribution in [3.8, 4) is 0 Å². The third-order valence-electron chi connectivity index (χ3n) is 2.00. The number of carbonyl (C=O) groups is 1. The molecule has 2 N–H and O–H groups in total. The van der Waals surface area contributed by atoms with Crippen LogP contribution >= 0.6 is 0 Å². The van der Waals surface area contributed by atoms with Gasteiger partial charge in [0.05, 0.1) is 5.54 Å². The van der Waals surface area contributed by atoms with E-state index in [1.165, 1.54) is 0 Å². The van der Waals surface area contributed by atoms with E-state index in [9.17, 15) is 4.79 Å². The summed E-state index contributed by atoms with van der Waals surface area (Å²) in [5.74, 6) is -0.0938. The number of hydrogen-bond donors (Lipinski definition) is 1. The molecule has 0 aromatic heterocycles. The molecule has 14 heavy (non-hydrogen) atoms. The number of likely N-dealkylation sites (N-methyl/N-ethyl adjacent to an activating group) is 1. The third-order valence-corrected chi connectivity index (χ3v) is 2.00. The standard InChI is InChI=1S/C11H16N2O/c1-11(2,12)10(14)13(3)9-7-5-4-6-8-9/h4-8H,12H2,1-3H3. The van der Waals surface area contributed by atoms with E-state index in [2.05, 4.69) is 0 Å². The van der Waals surface area contributed by atoms with Gasteiger partial charge in [-0.2, -0.15) is 0 Å². The van der Waals surface area contributed by atoms with Gasteiger partial charge in [0.2, 0.25) is 5.91 Å². The number of amides is 1. The number of nitrogens with zero attached hydrogens (tertiary/aromatic N) is 1. The average molecular weight is 192 g/mol. The molecule has 0 saturated heterocycles. The van der Waals surface area contributed by atoms with Gasteiger partial charge < -0.3 is 10.6 Å². The number of benzene rings is 1. The van der Waals surface area contributed by atoms with E-state index in [0.29, 0.717) is 0 Å². The largest absolute Gasteiger partial charge is 0.318 e. The first-order chi connectivity index (χ1) is 6.43. The highest BCUT2D eigenvalue weighted by molar-refractivity contribution is 5.98. The molecule has 76 valence electrons. The summed E-state index contributed by atoms with van der Waals surface area (Å²) in [5, 5.41) is 0. The Morgan fingerprint density at radius 2 is 1.79 bits per heavy atom. The molecule has 0 bridgehead atoms. The van der Waals surface area contributed by atoms with Crippen LogP contribution in [0.4, 0.5) is 5.69 Å². The zero-order valence-corrected chi connectivity index (χ0v) is 8.82. The average Bonchev–Trinajstić information content (AvgIpc) is 2.15. The Kier molecular flexibility index (Phi) is 2.91. The minimum absolute atomic E-state index is 0.0938. The van der Waals surface area contributed by atoms with Crippen LogP contribution in [-0.4, -0.2) is 18.5 Å². The van der Waals surface area contributed by atoms with Crippen LogP contribution in [0.2, 0.25) is 0 Å². The second-order valence-electron chi connectivity index (χ2n) is 3.92.